The van der Waals surface area contributed by atoms with Gasteiger partial charge in [0.15, 0.2) is 26.5 Å². The number of rotatable bonds is 9. The molecule has 4 rings (SSSR count). The highest BCUT2D eigenvalue weighted by atomic mass is 32.2. The lowest BCUT2D eigenvalue weighted by Gasteiger charge is -2.28. The van der Waals surface area contributed by atoms with E-state index >= 15 is 0 Å². The lowest BCUT2D eigenvalue weighted by atomic mass is 10.0. The predicted octanol–water partition coefficient (Wildman–Crippen LogP) is 3.68. The standard InChI is InChI=1S/C24H19F3N3O6PS2/c25-24(26,27)20-12-17(4-5-18(20)15-28)23(37(31,32)33)29-39(34,35)22-13-16-6-7-19(14-21(16)38-22)36-11-10-30-8-2-1-3-9-30/h1-9,12-14,23,29H,10-11H2,(H-,31,32,33). The summed E-state index contributed by atoms with van der Waals surface area (Å²) in [6.07, 6.45) is -1.28. The molecule has 2 atom stereocenters. The number of thiophene rings is 1. The highest BCUT2D eigenvalue weighted by Gasteiger charge is 2.36. The molecule has 0 radical (unpaired) electrons. The van der Waals surface area contributed by atoms with Crippen LogP contribution in [0.3, 0.4) is 0 Å². The molecular formula is C24H19F3N3O6PS2. The van der Waals surface area contributed by atoms with Crippen LogP contribution >= 0.6 is 18.9 Å². The van der Waals surface area contributed by atoms with Crippen molar-refractivity contribution in [2.24, 2.45) is 0 Å². The van der Waals surface area contributed by atoms with Crippen LogP contribution in [-0.4, -0.2) is 19.9 Å². The van der Waals surface area contributed by atoms with Crippen molar-refractivity contribution in [1.29, 1.82) is 5.26 Å². The molecule has 9 nitrogen and oxygen atoms in total. The Morgan fingerprint density at radius 2 is 1.87 bits per heavy atom. The molecule has 0 saturated heterocycles. The Morgan fingerprint density at radius 1 is 1.15 bits per heavy atom. The number of pyridine rings is 1. The van der Waals surface area contributed by atoms with Crippen molar-refractivity contribution in [1.82, 2.24) is 4.72 Å². The second kappa shape index (κ2) is 11.1. The molecule has 0 saturated carbocycles. The van der Waals surface area contributed by atoms with E-state index in [9.17, 15) is 35.9 Å². The van der Waals surface area contributed by atoms with E-state index in [-0.39, 0.29) is 4.21 Å². The van der Waals surface area contributed by atoms with Crippen molar-refractivity contribution in [2.45, 2.75) is 22.7 Å². The number of sulfonamides is 1. The molecule has 0 aliphatic carbocycles. The lowest BCUT2D eigenvalue weighted by Crippen LogP contribution is -2.35. The van der Waals surface area contributed by atoms with Crippen LogP contribution in [-0.2, 0) is 27.3 Å². The van der Waals surface area contributed by atoms with Crippen molar-refractivity contribution < 1.29 is 45.2 Å². The molecule has 0 aliphatic rings. The summed E-state index contributed by atoms with van der Waals surface area (Å²) in [5.41, 5.74) is -2.98. The summed E-state index contributed by atoms with van der Waals surface area (Å²) in [5.74, 6) is -1.97. The molecule has 0 amide bonds. The average molecular weight is 598 g/mol. The summed E-state index contributed by atoms with van der Waals surface area (Å²) in [6.45, 7) is 0.899. The van der Waals surface area contributed by atoms with E-state index in [1.54, 1.807) is 22.9 Å². The van der Waals surface area contributed by atoms with E-state index in [1.165, 1.54) is 12.1 Å². The number of hydrogen-bond donors (Lipinski definition) is 2. The van der Waals surface area contributed by atoms with Crippen LogP contribution < -0.4 is 18.9 Å². The van der Waals surface area contributed by atoms with E-state index in [4.69, 9.17) is 10.00 Å². The van der Waals surface area contributed by atoms with Gasteiger partial charge < -0.3 is 19.1 Å². The molecule has 2 unspecified atom stereocenters. The summed E-state index contributed by atoms with van der Waals surface area (Å²) >= 11 is 0.777. The first-order valence-corrected chi connectivity index (χ1v) is 15.0. The first-order chi connectivity index (χ1) is 18.3. The Labute approximate surface area is 224 Å². The zero-order valence-corrected chi connectivity index (χ0v) is 22.2. The molecule has 0 fully saturated rings. The second-order valence-electron chi connectivity index (χ2n) is 8.23. The minimum absolute atomic E-state index is 0.314. The van der Waals surface area contributed by atoms with Gasteiger partial charge in [-0.2, -0.15) is 23.2 Å². The number of nitrogens with one attached hydrogen (secondary N) is 1. The van der Waals surface area contributed by atoms with E-state index in [2.05, 4.69) is 0 Å². The zero-order valence-electron chi connectivity index (χ0n) is 19.7. The highest BCUT2D eigenvalue weighted by molar-refractivity contribution is 7.92. The molecular weight excluding hydrogens is 578 g/mol. The van der Waals surface area contributed by atoms with E-state index < -0.39 is 46.3 Å². The number of aromatic nitrogens is 1. The normalized spacial score (nSPS) is 14.5. The molecule has 204 valence electrons. The third kappa shape index (κ3) is 6.83. The maximum Gasteiger partial charge on any atom is 0.417 e. The van der Waals surface area contributed by atoms with Gasteiger partial charge in [0, 0.05) is 16.8 Å². The SMILES string of the molecule is N#Cc1ccc(C(NS(=O)(=O)c2cc3ccc(OCC[n+]4ccccc4)cc3s2)P(=O)([O-])O)cc1C(F)(F)F. The maximum atomic E-state index is 13.4. The first kappa shape index (κ1) is 28.7. The fourth-order valence-corrected chi connectivity index (χ4v) is 7.64. The van der Waals surface area contributed by atoms with E-state index in [0.29, 0.717) is 41.1 Å². The quantitative estimate of drug-likeness (QED) is 0.221. The van der Waals surface area contributed by atoms with Gasteiger partial charge in [-0.15, -0.1) is 11.3 Å². The average Bonchev–Trinajstić information content (AvgIpc) is 3.31. The van der Waals surface area contributed by atoms with Gasteiger partial charge in [0.05, 0.1) is 17.2 Å². The van der Waals surface area contributed by atoms with Crippen LogP contribution in [0.1, 0.15) is 22.5 Å². The molecule has 2 aromatic carbocycles. The summed E-state index contributed by atoms with van der Waals surface area (Å²) in [7, 11) is -10.2. The predicted molar refractivity (Wildman–Crippen MR) is 133 cm³/mol. The fraction of sp³-hybridized carbons (Fsp3) is 0.167. The summed E-state index contributed by atoms with van der Waals surface area (Å²) in [5, 5.41) is 9.45. The second-order valence-corrected chi connectivity index (χ2v) is 12.9. The molecule has 0 spiro atoms. The lowest BCUT2D eigenvalue weighted by molar-refractivity contribution is -0.697. The molecule has 4 aromatic rings. The number of benzene rings is 2. The van der Waals surface area contributed by atoms with Crippen LogP contribution in [0, 0.1) is 11.3 Å². The Hall–Kier alpha value is -3.31. The van der Waals surface area contributed by atoms with Gasteiger partial charge in [-0.05, 0) is 47.3 Å². The number of alkyl halides is 3. The molecule has 39 heavy (non-hydrogen) atoms. The smallest absolute Gasteiger partial charge is 0.417 e. The molecule has 0 aliphatic heterocycles. The van der Waals surface area contributed by atoms with Crippen LogP contribution in [0.5, 0.6) is 5.75 Å². The Balaban J connectivity index is 1.59. The minimum atomic E-state index is -5.60. The number of halogens is 3. The van der Waals surface area contributed by atoms with Crippen LogP contribution in [0.15, 0.2) is 77.3 Å². The van der Waals surface area contributed by atoms with Crippen molar-refractivity contribution in [2.75, 3.05) is 6.61 Å². The Morgan fingerprint density at radius 3 is 2.51 bits per heavy atom. The largest absolute Gasteiger partial charge is 0.777 e. The van der Waals surface area contributed by atoms with Crippen LogP contribution in [0.25, 0.3) is 10.1 Å². The molecule has 2 heterocycles. The van der Waals surface area contributed by atoms with Gasteiger partial charge in [0.1, 0.15) is 22.3 Å². The first-order valence-electron chi connectivity index (χ1n) is 11.1. The zero-order chi connectivity index (χ0) is 28.4. The number of nitrogens with zero attached hydrogens (tertiary/aromatic N) is 2. The number of ether oxygens (including phenoxy) is 1. The van der Waals surface area contributed by atoms with Crippen LogP contribution in [0.4, 0.5) is 13.2 Å². The summed E-state index contributed by atoms with van der Waals surface area (Å²) in [4.78, 5) is 21.8. The maximum absolute atomic E-state index is 13.4. The third-order valence-corrected chi connectivity index (χ3v) is 9.76. The molecule has 2 N–H and O–H groups in total. The van der Waals surface area contributed by atoms with E-state index in [0.717, 1.165) is 17.4 Å². The number of hydrogen-bond acceptors (Lipinski definition) is 7. The van der Waals surface area contributed by atoms with Gasteiger partial charge in [-0.1, -0.05) is 12.1 Å². The van der Waals surface area contributed by atoms with Crippen molar-refractivity contribution in [3.05, 3.63) is 89.7 Å². The minimum Gasteiger partial charge on any atom is -0.777 e. The van der Waals surface area contributed by atoms with Gasteiger partial charge in [0.25, 0.3) is 10.0 Å². The fourth-order valence-electron chi connectivity index (χ4n) is 3.65. The monoisotopic (exact) mass is 597 g/mol. The number of fused-ring (bicyclic) bond motifs is 1. The third-order valence-electron chi connectivity index (χ3n) is 5.51. The van der Waals surface area contributed by atoms with Crippen molar-refractivity contribution in [3.63, 3.8) is 0 Å². The van der Waals surface area contributed by atoms with Gasteiger partial charge >= 0.3 is 6.18 Å². The highest BCUT2D eigenvalue weighted by Crippen LogP contribution is 2.48. The topological polar surface area (TPSA) is 143 Å². The van der Waals surface area contributed by atoms with Crippen molar-refractivity contribution in [3.8, 4) is 11.8 Å². The Kier molecular flexibility index (Phi) is 8.13. The van der Waals surface area contributed by atoms with Crippen molar-refractivity contribution >= 4 is 39.0 Å². The Bertz CT molecular complexity index is 1700. The molecule has 2 aromatic heterocycles. The van der Waals surface area contributed by atoms with Gasteiger partial charge in [-0.25, -0.2) is 13.0 Å². The molecule has 0 bridgehead atoms. The van der Waals surface area contributed by atoms with Crippen LogP contribution in [0.2, 0.25) is 0 Å². The summed E-state index contributed by atoms with van der Waals surface area (Å²) < 4.78 is 87.9. The van der Waals surface area contributed by atoms with Gasteiger partial charge in [0.2, 0.25) is 0 Å². The van der Waals surface area contributed by atoms with Gasteiger partial charge in [-0.3, -0.25) is 0 Å². The number of nitriles is 1. The molecule has 15 heteroatoms. The van der Waals surface area contributed by atoms with E-state index in [1.807, 2.05) is 35.2 Å². The summed E-state index contributed by atoms with van der Waals surface area (Å²) in [6, 6.07) is 14.9.